The maximum Gasteiger partial charge on any atom is 0.508 e. The van der Waals surface area contributed by atoms with Crippen molar-refractivity contribution >= 4 is 22.5 Å². The first kappa shape index (κ1) is 30.2. The van der Waals surface area contributed by atoms with Gasteiger partial charge in [0.25, 0.3) is 0 Å². The van der Waals surface area contributed by atoms with Crippen LogP contribution in [-0.2, 0) is 20.4 Å². The molecule has 0 saturated carbocycles. The Hall–Kier alpha value is -1.86. The summed E-state index contributed by atoms with van der Waals surface area (Å²) in [5.74, 6) is 3.43. The van der Waals surface area contributed by atoms with Gasteiger partial charge >= 0.3 is 6.16 Å². The molecule has 0 bridgehead atoms. The fraction of sp³-hybridized carbons (Fsp3) is 0.593. The van der Waals surface area contributed by atoms with E-state index in [1.807, 2.05) is 12.1 Å². The summed E-state index contributed by atoms with van der Waals surface area (Å²) in [6, 6.07) is 10.4. The predicted molar refractivity (Wildman–Crippen MR) is 147 cm³/mol. The lowest BCUT2D eigenvalue weighted by molar-refractivity contribution is 0.0671. The average Bonchev–Trinajstić information content (AvgIpc) is 2.72. The van der Waals surface area contributed by atoms with E-state index in [0.29, 0.717) is 19.8 Å². The van der Waals surface area contributed by atoms with Gasteiger partial charge in [0.15, 0.2) is 8.32 Å². The van der Waals surface area contributed by atoms with Crippen LogP contribution in [-0.4, -0.2) is 59.9 Å². The van der Waals surface area contributed by atoms with Gasteiger partial charge in [-0.3, -0.25) is 4.90 Å². The van der Waals surface area contributed by atoms with Crippen molar-refractivity contribution in [2.45, 2.75) is 78.1 Å². The Bertz CT molecular complexity index is 830. The highest BCUT2D eigenvalue weighted by Crippen LogP contribution is 2.36. The van der Waals surface area contributed by atoms with Crippen molar-refractivity contribution < 1.29 is 18.7 Å². The van der Waals surface area contributed by atoms with Gasteiger partial charge in [-0.2, -0.15) is 0 Å². The summed E-state index contributed by atoms with van der Waals surface area (Å²) in [6.07, 6.45) is 3.30. The molecular weight excluding hydrogens is 458 g/mol. The fourth-order valence-electron chi connectivity index (χ4n) is 2.80. The van der Waals surface area contributed by atoms with Crippen molar-refractivity contribution in [3.8, 4) is 11.5 Å². The first-order chi connectivity index (χ1) is 15.7. The van der Waals surface area contributed by atoms with Gasteiger partial charge in [-0.25, -0.2) is 4.79 Å². The van der Waals surface area contributed by atoms with Crippen LogP contribution >= 0.6 is 0 Å². The third-order valence-corrected chi connectivity index (χ3v) is 11.2. The minimum atomic E-state index is -1.94. The van der Waals surface area contributed by atoms with Gasteiger partial charge in [0.05, 0.1) is 25.8 Å². The van der Waals surface area contributed by atoms with E-state index in [2.05, 4.69) is 100 Å². The highest BCUT2D eigenvalue weighted by atomic mass is 28.4. The van der Waals surface area contributed by atoms with Crippen LogP contribution < -0.4 is 0 Å². The summed E-state index contributed by atoms with van der Waals surface area (Å²) in [6.45, 7) is 22.2. The lowest BCUT2D eigenvalue weighted by atomic mass is 10.1. The number of benzene rings is 1. The van der Waals surface area contributed by atoms with Crippen LogP contribution in [0, 0.1) is 11.5 Å². The molecule has 1 aromatic rings. The van der Waals surface area contributed by atoms with Crippen LogP contribution in [0.4, 0.5) is 4.79 Å². The smallest absolute Gasteiger partial charge is 0.435 e. The molecule has 0 N–H and O–H groups in total. The van der Waals surface area contributed by atoms with E-state index < -0.39 is 22.5 Å². The van der Waals surface area contributed by atoms with Crippen LogP contribution in [0.1, 0.15) is 33.3 Å². The highest BCUT2D eigenvalue weighted by molar-refractivity contribution is 6.83. The maximum absolute atomic E-state index is 11.5. The van der Waals surface area contributed by atoms with Crippen LogP contribution in [0.5, 0.6) is 0 Å². The Kier molecular flexibility index (Phi) is 12.3. The van der Waals surface area contributed by atoms with E-state index in [1.54, 1.807) is 6.92 Å². The predicted octanol–water partition coefficient (Wildman–Crippen LogP) is 6.49. The molecule has 0 aromatic heterocycles. The summed E-state index contributed by atoms with van der Waals surface area (Å²) in [4.78, 5) is 13.9. The molecule has 7 heteroatoms. The van der Waals surface area contributed by atoms with Crippen LogP contribution in [0.25, 0.3) is 0 Å². The number of carbonyl (C=O) groups excluding carboxylic acids is 1. The van der Waals surface area contributed by atoms with Gasteiger partial charge in [0.2, 0.25) is 0 Å². The van der Waals surface area contributed by atoms with E-state index in [4.69, 9.17) is 13.9 Å². The number of hydrogen-bond acceptors (Lipinski definition) is 5. The minimum absolute atomic E-state index is 0.00365. The molecule has 0 amide bonds. The lowest BCUT2D eigenvalue weighted by Gasteiger charge is -2.38. The first-order valence-electron chi connectivity index (χ1n) is 12.1. The summed E-state index contributed by atoms with van der Waals surface area (Å²) >= 11 is 0. The third kappa shape index (κ3) is 12.0. The fourth-order valence-corrected chi connectivity index (χ4v) is 4.43. The Morgan fingerprint density at radius 2 is 1.74 bits per heavy atom. The number of rotatable bonds is 11. The second kappa shape index (κ2) is 13.9. The first-order valence-corrected chi connectivity index (χ1v) is 18.5. The highest BCUT2D eigenvalue weighted by Gasteiger charge is 2.37. The maximum atomic E-state index is 11.5. The number of hydrogen-bond donors (Lipinski definition) is 0. The Morgan fingerprint density at radius 1 is 1.09 bits per heavy atom. The molecule has 0 radical (unpaired) electrons. The monoisotopic (exact) mass is 503 g/mol. The van der Waals surface area contributed by atoms with Gasteiger partial charge in [-0.05, 0) is 36.7 Å². The van der Waals surface area contributed by atoms with E-state index >= 15 is 0 Å². The zero-order valence-corrected chi connectivity index (χ0v) is 24.7. The van der Waals surface area contributed by atoms with Crippen molar-refractivity contribution in [1.29, 1.82) is 0 Å². The van der Waals surface area contributed by atoms with Crippen molar-refractivity contribution in [2.75, 3.05) is 26.4 Å². The molecule has 34 heavy (non-hydrogen) atoms. The Morgan fingerprint density at radius 3 is 2.29 bits per heavy atom. The van der Waals surface area contributed by atoms with Crippen molar-refractivity contribution in [2.24, 2.45) is 0 Å². The summed E-state index contributed by atoms with van der Waals surface area (Å²) in [5, 5.41) is 0.121. The molecule has 0 aliphatic carbocycles. The Labute approximate surface area is 210 Å². The molecule has 190 valence electrons. The largest absolute Gasteiger partial charge is 0.508 e. The third-order valence-electron chi connectivity index (χ3n) is 5.78. The summed E-state index contributed by atoms with van der Waals surface area (Å²) < 4.78 is 16.6. The topological polar surface area (TPSA) is 48.0 Å². The van der Waals surface area contributed by atoms with Gasteiger partial charge in [0.1, 0.15) is 14.7 Å². The minimum Gasteiger partial charge on any atom is -0.435 e. The molecule has 1 atom stereocenters. The van der Waals surface area contributed by atoms with E-state index in [0.717, 1.165) is 6.54 Å². The Balaban J connectivity index is 3.15. The number of nitrogens with zero attached hydrogens (tertiary/aromatic N) is 1. The number of carbonyl (C=O) groups is 1. The van der Waals surface area contributed by atoms with Gasteiger partial charge < -0.3 is 13.9 Å². The summed E-state index contributed by atoms with van der Waals surface area (Å²) in [7, 11) is -3.42. The number of ether oxygens (including phenoxy) is 2. The SMILES string of the molecule is CCOC(=O)OC/C=C/[C@H](CO[Si](C)(C)C(C)(C)C)N(CC#C[Si](C)(C)C)Cc1ccccc1. The van der Waals surface area contributed by atoms with E-state index in [-0.39, 0.29) is 17.7 Å². The standard InChI is InChI=1S/C27H45NO4Si2/c1-10-30-26(29)31-20-14-18-25(23-32-34(8,9)27(2,3)4)28(19-15-21-33(5,6)7)22-24-16-12-11-13-17-24/h11-14,16-18,25H,10,19-20,22-23H2,1-9H3/b18-14+/t25-/m1/s1. The van der Waals surface area contributed by atoms with Crippen LogP contribution in [0.3, 0.4) is 0 Å². The van der Waals surface area contributed by atoms with Crippen molar-refractivity contribution in [3.63, 3.8) is 0 Å². The van der Waals surface area contributed by atoms with E-state index in [9.17, 15) is 4.79 Å². The lowest BCUT2D eigenvalue weighted by Crippen LogP contribution is -2.46. The van der Waals surface area contributed by atoms with Gasteiger partial charge in [-0.1, -0.05) is 82.7 Å². The molecule has 0 unspecified atom stereocenters. The second-order valence-corrected chi connectivity index (χ2v) is 20.6. The molecule has 0 spiro atoms. The summed E-state index contributed by atoms with van der Waals surface area (Å²) in [5.41, 5.74) is 4.72. The zero-order valence-electron chi connectivity index (χ0n) is 22.7. The second-order valence-electron chi connectivity index (χ2n) is 11.0. The van der Waals surface area contributed by atoms with Gasteiger partial charge in [-0.15, -0.1) is 5.54 Å². The van der Waals surface area contributed by atoms with Crippen molar-refractivity contribution in [1.82, 2.24) is 4.90 Å². The molecule has 0 aliphatic heterocycles. The molecule has 0 aliphatic rings. The average molecular weight is 504 g/mol. The quantitative estimate of drug-likeness (QED) is 0.149. The zero-order chi connectivity index (χ0) is 25.8. The molecule has 0 saturated heterocycles. The molecular formula is C27H45NO4Si2. The molecule has 0 heterocycles. The van der Waals surface area contributed by atoms with E-state index in [1.165, 1.54) is 5.56 Å². The van der Waals surface area contributed by atoms with Crippen molar-refractivity contribution in [3.05, 3.63) is 48.0 Å². The molecule has 0 fully saturated rings. The molecule has 1 rings (SSSR count). The molecule has 1 aromatic carbocycles. The van der Waals surface area contributed by atoms with Crippen LogP contribution in [0.15, 0.2) is 42.5 Å². The normalized spacial score (nSPS) is 13.5. The van der Waals surface area contributed by atoms with Crippen LogP contribution in [0.2, 0.25) is 37.8 Å². The molecule has 5 nitrogen and oxygen atoms in total. The van der Waals surface area contributed by atoms with Gasteiger partial charge in [0, 0.05) is 6.54 Å².